The van der Waals surface area contributed by atoms with E-state index in [2.05, 4.69) is 28.2 Å². The van der Waals surface area contributed by atoms with Crippen molar-refractivity contribution in [2.24, 2.45) is 5.92 Å². The van der Waals surface area contributed by atoms with Crippen molar-refractivity contribution in [1.29, 1.82) is 0 Å². The van der Waals surface area contributed by atoms with E-state index in [9.17, 15) is 9.59 Å². The molecular weight excluding hydrogens is 432 g/mol. The third-order valence-electron chi connectivity index (χ3n) is 6.70. The van der Waals surface area contributed by atoms with E-state index in [1.807, 2.05) is 11.0 Å². The highest BCUT2D eigenvalue weighted by Crippen LogP contribution is 2.36. The summed E-state index contributed by atoms with van der Waals surface area (Å²) in [7, 11) is 0. The molecule has 3 aliphatic heterocycles. The van der Waals surface area contributed by atoms with Crippen LogP contribution < -0.4 is 5.32 Å². The lowest BCUT2D eigenvalue weighted by Crippen LogP contribution is -2.51. The van der Waals surface area contributed by atoms with Crippen molar-refractivity contribution >= 4 is 34.4 Å². The van der Waals surface area contributed by atoms with E-state index in [4.69, 9.17) is 21.1 Å². The molecule has 3 saturated heterocycles. The predicted octanol–water partition coefficient (Wildman–Crippen LogP) is 2.65. The second-order valence-corrected chi connectivity index (χ2v) is 9.37. The van der Waals surface area contributed by atoms with Gasteiger partial charge in [-0.2, -0.15) is 0 Å². The van der Waals surface area contributed by atoms with Crippen LogP contribution in [0.3, 0.4) is 0 Å². The Bertz CT molecular complexity index is 985. The number of fused-ring (bicyclic) bond motifs is 1. The standard InChI is InChI=1S/C23H29ClN4O4/c24-18-1-2-21-19(9-18)20(11-28(21)10-16-12-31-13-16)17-3-6-26(7-4-17)23(30)27-8-5-25-22(29)14-32-15-27/h1-2,9,11,16-17H,3-8,10,12-15H2,(H,25,29). The van der Waals surface area contributed by atoms with Gasteiger partial charge in [-0.25, -0.2) is 4.79 Å². The molecule has 0 saturated carbocycles. The van der Waals surface area contributed by atoms with Crippen LogP contribution in [0.1, 0.15) is 24.3 Å². The van der Waals surface area contributed by atoms with Gasteiger partial charge in [0, 0.05) is 60.8 Å². The number of carbonyl (C=O) groups excluding carboxylic acids is 2. The minimum Gasteiger partial charge on any atom is -0.381 e. The van der Waals surface area contributed by atoms with Gasteiger partial charge in [0.1, 0.15) is 13.3 Å². The number of likely N-dealkylation sites (tertiary alicyclic amines) is 1. The number of halogens is 1. The minimum atomic E-state index is -0.137. The maximum atomic E-state index is 13.0. The molecule has 0 spiro atoms. The maximum absolute atomic E-state index is 13.0. The van der Waals surface area contributed by atoms with Gasteiger partial charge in [0.25, 0.3) is 0 Å². The van der Waals surface area contributed by atoms with Gasteiger partial charge >= 0.3 is 6.03 Å². The Labute approximate surface area is 192 Å². The largest absolute Gasteiger partial charge is 0.381 e. The molecule has 1 N–H and O–H groups in total. The van der Waals surface area contributed by atoms with Crippen molar-refractivity contribution in [3.05, 3.63) is 35.0 Å². The van der Waals surface area contributed by atoms with Crippen molar-refractivity contribution in [2.45, 2.75) is 25.3 Å². The molecular formula is C23H29ClN4O4. The molecule has 1 aromatic carbocycles. The fourth-order valence-corrected chi connectivity index (χ4v) is 5.04. The number of nitrogens with zero attached hydrogens (tertiary/aromatic N) is 3. The summed E-state index contributed by atoms with van der Waals surface area (Å²) in [6, 6.07) is 6.12. The summed E-state index contributed by atoms with van der Waals surface area (Å²) in [4.78, 5) is 28.0. The fraction of sp³-hybridized carbons (Fsp3) is 0.565. The number of rotatable bonds is 3. The molecule has 5 rings (SSSR count). The van der Waals surface area contributed by atoms with Gasteiger partial charge in [-0.15, -0.1) is 0 Å². The van der Waals surface area contributed by atoms with Gasteiger partial charge in [-0.3, -0.25) is 9.69 Å². The number of urea groups is 1. The van der Waals surface area contributed by atoms with E-state index in [1.54, 1.807) is 4.90 Å². The lowest BCUT2D eigenvalue weighted by molar-refractivity contribution is -0.128. The number of ether oxygens (including phenoxy) is 2. The van der Waals surface area contributed by atoms with E-state index in [-0.39, 0.29) is 25.3 Å². The van der Waals surface area contributed by atoms with Gasteiger partial charge in [0.05, 0.1) is 13.2 Å². The number of hydrogen-bond donors (Lipinski definition) is 1. The van der Waals surface area contributed by atoms with E-state index in [0.717, 1.165) is 37.6 Å². The first-order valence-corrected chi connectivity index (χ1v) is 11.7. The molecule has 1 aromatic heterocycles. The fourth-order valence-electron chi connectivity index (χ4n) is 4.87. The molecule has 4 heterocycles. The van der Waals surface area contributed by atoms with Crippen molar-refractivity contribution in [2.75, 3.05) is 52.7 Å². The van der Waals surface area contributed by atoms with Crippen molar-refractivity contribution in [1.82, 2.24) is 19.7 Å². The summed E-state index contributed by atoms with van der Waals surface area (Å²) in [5, 5.41) is 4.72. The summed E-state index contributed by atoms with van der Waals surface area (Å²) in [6.45, 7) is 5.08. The van der Waals surface area contributed by atoms with Crippen LogP contribution in [0.25, 0.3) is 10.9 Å². The lowest BCUT2D eigenvalue weighted by atomic mass is 9.89. The average Bonchev–Trinajstić information content (AvgIpc) is 3.10. The molecule has 0 unspecified atom stereocenters. The summed E-state index contributed by atoms with van der Waals surface area (Å²) in [5.41, 5.74) is 2.54. The van der Waals surface area contributed by atoms with Crippen LogP contribution in [0.5, 0.6) is 0 Å². The number of nitrogens with one attached hydrogen (secondary N) is 1. The normalized spacial score (nSPS) is 21.2. The Hall–Kier alpha value is -2.29. The molecule has 32 heavy (non-hydrogen) atoms. The Morgan fingerprint density at radius 1 is 1.12 bits per heavy atom. The zero-order valence-electron chi connectivity index (χ0n) is 18.1. The number of hydrogen-bond acceptors (Lipinski definition) is 4. The highest BCUT2D eigenvalue weighted by Gasteiger charge is 2.30. The monoisotopic (exact) mass is 460 g/mol. The van der Waals surface area contributed by atoms with Crippen molar-refractivity contribution in [3.63, 3.8) is 0 Å². The Balaban J connectivity index is 1.27. The van der Waals surface area contributed by atoms with Crippen LogP contribution >= 0.6 is 11.6 Å². The molecule has 8 nitrogen and oxygen atoms in total. The summed E-state index contributed by atoms with van der Waals surface area (Å²) >= 11 is 6.34. The van der Waals surface area contributed by atoms with E-state index in [1.165, 1.54) is 16.5 Å². The highest BCUT2D eigenvalue weighted by molar-refractivity contribution is 6.31. The molecule has 0 bridgehead atoms. The number of aromatic nitrogens is 1. The first kappa shape index (κ1) is 21.6. The van der Waals surface area contributed by atoms with Crippen molar-refractivity contribution in [3.8, 4) is 0 Å². The highest BCUT2D eigenvalue weighted by atomic mass is 35.5. The molecule has 0 aliphatic carbocycles. The second kappa shape index (κ2) is 9.29. The lowest BCUT2D eigenvalue weighted by Gasteiger charge is -2.36. The minimum absolute atomic E-state index is 0.00847. The molecule has 2 aromatic rings. The Kier molecular flexibility index (Phi) is 6.26. The summed E-state index contributed by atoms with van der Waals surface area (Å²) in [5.74, 6) is 0.821. The van der Waals surface area contributed by atoms with E-state index in [0.29, 0.717) is 38.0 Å². The van der Waals surface area contributed by atoms with Crippen LogP contribution in [0, 0.1) is 5.92 Å². The summed E-state index contributed by atoms with van der Waals surface area (Å²) < 4.78 is 13.1. The quantitative estimate of drug-likeness (QED) is 0.764. The van der Waals surface area contributed by atoms with Crippen molar-refractivity contribution < 1.29 is 19.1 Å². The van der Waals surface area contributed by atoms with Gasteiger partial charge in [0.2, 0.25) is 5.91 Å². The molecule has 3 amide bonds. The Morgan fingerprint density at radius 3 is 2.69 bits per heavy atom. The SMILES string of the molecule is O=C1COCN(C(=O)N2CCC(c3cn(CC4COC4)c4ccc(Cl)cc34)CC2)CCN1. The van der Waals surface area contributed by atoms with Gasteiger partial charge in [0.15, 0.2) is 0 Å². The average molecular weight is 461 g/mol. The second-order valence-electron chi connectivity index (χ2n) is 8.94. The molecule has 0 radical (unpaired) electrons. The third-order valence-corrected chi connectivity index (χ3v) is 6.93. The zero-order chi connectivity index (χ0) is 22.1. The van der Waals surface area contributed by atoms with E-state index >= 15 is 0 Å². The maximum Gasteiger partial charge on any atom is 0.321 e. The van der Waals surface area contributed by atoms with Crippen LogP contribution in [0.15, 0.2) is 24.4 Å². The number of amides is 3. The molecule has 172 valence electrons. The molecule has 3 fully saturated rings. The third kappa shape index (κ3) is 4.44. The van der Waals surface area contributed by atoms with Crippen LogP contribution in [-0.4, -0.2) is 79.0 Å². The zero-order valence-corrected chi connectivity index (χ0v) is 18.9. The first-order chi connectivity index (χ1) is 15.6. The van der Waals surface area contributed by atoms with Gasteiger partial charge < -0.3 is 24.3 Å². The van der Waals surface area contributed by atoms with Crippen LogP contribution in [0.4, 0.5) is 4.79 Å². The molecule has 0 atom stereocenters. The molecule has 3 aliphatic rings. The van der Waals surface area contributed by atoms with Gasteiger partial charge in [-0.05, 0) is 42.5 Å². The predicted molar refractivity (Wildman–Crippen MR) is 121 cm³/mol. The molecule has 9 heteroatoms. The number of benzene rings is 1. The van der Waals surface area contributed by atoms with Gasteiger partial charge in [-0.1, -0.05) is 11.6 Å². The summed E-state index contributed by atoms with van der Waals surface area (Å²) in [6.07, 6.45) is 4.11. The topological polar surface area (TPSA) is 76.0 Å². The Morgan fingerprint density at radius 2 is 1.94 bits per heavy atom. The van der Waals surface area contributed by atoms with Crippen LogP contribution in [-0.2, 0) is 20.8 Å². The number of carbonyl (C=O) groups is 2. The first-order valence-electron chi connectivity index (χ1n) is 11.3. The van der Waals surface area contributed by atoms with E-state index < -0.39 is 0 Å². The van der Waals surface area contributed by atoms with Crippen LogP contribution in [0.2, 0.25) is 5.02 Å². The number of piperidine rings is 1. The smallest absolute Gasteiger partial charge is 0.321 e.